The molecule has 1 rings (SSSR count). The van der Waals surface area contributed by atoms with Crippen LogP contribution in [0.5, 0.6) is 0 Å². The Kier molecular flexibility index (Phi) is 6.68. The van der Waals surface area contributed by atoms with E-state index in [2.05, 4.69) is 0 Å². The Balaban J connectivity index is 3.24. The van der Waals surface area contributed by atoms with E-state index in [1.54, 1.807) is 0 Å². The minimum absolute atomic E-state index is 0.0403. The summed E-state index contributed by atoms with van der Waals surface area (Å²) in [5, 5.41) is 0. The fourth-order valence-corrected chi connectivity index (χ4v) is 2.43. The van der Waals surface area contributed by atoms with E-state index in [0.29, 0.717) is 18.6 Å². The number of amides is 1. The summed E-state index contributed by atoms with van der Waals surface area (Å²) in [5.41, 5.74) is 1.98. The van der Waals surface area contributed by atoms with Gasteiger partial charge < -0.3 is 5.73 Å². The first kappa shape index (κ1) is 20.3. The van der Waals surface area contributed by atoms with Gasteiger partial charge in [-0.1, -0.05) is 32.6 Å². The van der Waals surface area contributed by atoms with Crippen molar-refractivity contribution in [3.05, 3.63) is 34.9 Å². The van der Waals surface area contributed by atoms with Crippen LogP contribution in [0.25, 0.3) is 0 Å². The minimum atomic E-state index is -4.94. The SMILES string of the molecule is CCCCCCC(C(N)=O)c1cc(C(F)(F)F)cc(C(F)(F)F)c1. The Hall–Kier alpha value is -1.73. The first-order valence-electron chi connectivity index (χ1n) is 7.55. The maximum absolute atomic E-state index is 12.9. The van der Waals surface area contributed by atoms with Crippen LogP contribution in [0.15, 0.2) is 18.2 Å². The van der Waals surface area contributed by atoms with Gasteiger partial charge >= 0.3 is 12.4 Å². The summed E-state index contributed by atoms with van der Waals surface area (Å²) in [6.07, 6.45) is -6.77. The lowest BCUT2D eigenvalue weighted by Crippen LogP contribution is -2.23. The number of primary amides is 1. The molecular weight excluding hydrogens is 336 g/mol. The van der Waals surface area contributed by atoms with Crippen LogP contribution >= 0.6 is 0 Å². The first-order chi connectivity index (χ1) is 11.0. The highest BCUT2D eigenvalue weighted by atomic mass is 19.4. The number of nitrogens with two attached hydrogens (primary N) is 1. The molecule has 2 N–H and O–H groups in total. The molecular formula is C16H19F6NO. The summed E-state index contributed by atoms with van der Waals surface area (Å²) in [6, 6.07) is 1.19. The van der Waals surface area contributed by atoms with E-state index in [1.165, 1.54) is 0 Å². The third-order valence-corrected chi connectivity index (χ3v) is 3.70. The van der Waals surface area contributed by atoms with Crippen molar-refractivity contribution >= 4 is 5.91 Å². The first-order valence-corrected chi connectivity index (χ1v) is 7.55. The number of carbonyl (C=O) groups is 1. The third-order valence-electron chi connectivity index (χ3n) is 3.70. The largest absolute Gasteiger partial charge is 0.416 e. The van der Waals surface area contributed by atoms with E-state index in [4.69, 9.17) is 5.73 Å². The predicted octanol–water partition coefficient (Wildman–Crippen LogP) is 5.26. The number of hydrogen-bond donors (Lipinski definition) is 1. The highest BCUT2D eigenvalue weighted by molar-refractivity contribution is 5.82. The van der Waals surface area contributed by atoms with Gasteiger partial charge in [0.2, 0.25) is 5.91 Å². The molecule has 0 heterocycles. The molecule has 0 aromatic heterocycles. The van der Waals surface area contributed by atoms with Gasteiger partial charge in [-0.3, -0.25) is 4.79 Å². The average Bonchev–Trinajstić information content (AvgIpc) is 2.44. The van der Waals surface area contributed by atoms with Crippen LogP contribution in [0.3, 0.4) is 0 Å². The van der Waals surface area contributed by atoms with E-state index >= 15 is 0 Å². The fraction of sp³-hybridized carbons (Fsp3) is 0.562. The summed E-state index contributed by atoms with van der Waals surface area (Å²) in [6.45, 7) is 1.95. The van der Waals surface area contributed by atoms with Gasteiger partial charge in [0.1, 0.15) is 0 Å². The summed E-state index contributed by atoms with van der Waals surface area (Å²) < 4.78 is 77.2. The van der Waals surface area contributed by atoms with Crippen molar-refractivity contribution in [2.45, 2.75) is 57.3 Å². The second-order valence-electron chi connectivity index (χ2n) is 5.64. The topological polar surface area (TPSA) is 43.1 Å². The van der Waals surface area contributed by atoms with Crippen molar-refractivity contribution < 1.29 is 31.1 Å². The van der Waals surface area contributed by atoms with Crippen molar-refractivity contribution in [1.82, 2.24) is 0 Å². The molecule has 24 heavy (non-hydrogen) atoms. The molecule has 136 valence electrons. The van der Waals surface area contributed by atoms with Crippen molar-refractivity contribution in [3.8, 4) is 0 Å². The zero-order valence-electron chi connectivity index (χ0n) is 13.1. The molecule has 0 aliphatic heterocycles. The van der Waals surface area contributed by atoms with Crippen LogP contribution in [0.2, 0.25) is 0 Å². The van der Waals surface area contributed by atoms with E-state index in [1.807, 2.05) is 6.92 Å². The van der Waals surface area contributed by atoms with Gasteiger partial charge in [-0.15, -0.1) is 0 Å². The van der Waals surface area contributed by atoms with Crippen molar-refractivity contribution in [2.24, 2.45) is 5.73 Å². The van der Waals surface area contributed by atoms with Gasteiger partial charge in [-0.2, -0.15) is 26.3 Å². The number of rotatable bonds is 7. The number of halogens is 6. The Morgan fingerprint density at radius 1 is 0.958 bits per heavy atom. The van der Waals surface area contributed by atoms with Gasteiger partial charge in [0.25, 0.3) is 0 Å². The van der Waals surface area contributed by atoms with Crippen molar-refractivity contribution in [1.29, 1.82) is 0 Å². The molecule has 0 bridgehead atoms. The average molecular weight is 355 g/mol. The van der Waals surface area contributed by atoms with Crippen LogP contribution in [0, 0.1) is 0 Å². The monoisotopic (exact) mass is 355 g/mol. The van der Waals surface area contributed by atoms with Crippen LogP contribution in [-0.2, 0) is 17.1 Å². The van der Waals surface area contributed by atoms with Gasteiger partial charge in [0.15, 0.2) is 0 Å². The van der Waals surface area contributed by atoms with E-state index in [0.717, 1.165) is 19.3 Å². The van der Waals surface area contributed by atoms with E-state index in [9.17, 15) is 31.1 Å². The van der Waals surface area contributed by atoms with Crippen LogP contribution < -0.4 is 5.73 Å². The molecule has 0 fully saturated rings. The molecule has 1 unspecified atom stereocenters. The van der Waals surface area contributed by atoms with E-state index < -0.39 is 35.3 Å². The Bertz CT molecular complexity index is 532. The molecule has 1 aromatic carbocycles. The van der Waals surface area contributed by atoms with Gasteiger partial charge in [0, 0.05) is 0 Å². The molecule has 0 spiro atoms. The molecule has 1 amide bonds. The second-order valence-corrected chi connectivity index (χ2v) is 5.64. The molecule has 0 saturated heterocycles. The fourth-order valence-electron chi connectivity index (χ4n) is 2.43. The zero-order chi connectivity index (χ0) is 18.5. The number of benzene rings is 1. The molecule has 0 aliphatic rings. The van der Waals surface area contributed by atoms with E-state index in [-0.39, 0.29) is 18.1 Å². The maximum atomic E-state index is 12.9. The second kappa shape index (κ2) is 7.90. The molecule has 2 nitrogen and oxygen atoms in total. The van der Waals surface area contributed by atoms with Gasteiger partial charge in [0.05, 0.1) is 17.0 Å². The third kappa shape index (κ3) is 5.72. The number of hydrogen-bond acceptors (Lipinski definition) is 1. The zero-order valence-corrected chi connectivity index (χ0v) is 13.1. The van der Waals surface area contributed by atoms with Gasteiger partial charge in [-0.25, -0.2) is 0 Å². The lowest BCUT2D eigenvalue weighted by molar-refractivity contribution is -0.143. The molecule has 8 heteroatoms. The molecule has 1 aromatic rings. The van der Waals surface area contributed by atoms with Crippen LogP contribution in [0.4, 0.5) is 26.3 Å². The quantitative estimate of drug-likeness (QED) is 0.526. The normalized spacial score (nSPS) is 13.8. The van der Waals surface area contributed by atoms with Crippen LogP contribution in [0.1, 0.15) is 61.6 Å². The molecule has 1 atom stereocenters. The highest BCUT2D eigenvalue weighted by Gasteiger charge is 2.37. The predicted molar refractivity (Wildman–Crippen MR) is 77.1 cm³/mol. The Morgan fingerprint density at radius 2 is 1.46 bits per heavy atom. The molecule has 0 saturated carbocycles. The smallest absolute Gasteiger partial charge is 0.369 e. The maximum Gasteiger partial charge on any atom is 0.416 e. The molecule has 0 aliphatic carbocycles. The summed E-state index contributed by atoms with van der Waals surface area (Å²) in [5.74, 6) is -2.11. The number of carbonyl (C=O) groups excluding carboxylic acids is 1. The standard InChI is InChI=1S/C16H19F6NO/c1-2-3-4-5-6-13(14(23)24)10-7-11(15(17,18)19)9-12(8-10)16(20,21)22/h7-9,13H,2-6H2,1H3,(H2,23,24). The number of alkyl halides is 6. The van der Waals surface area contributed by atoms with Crippen molar-refractivity contribution in [3.63, 3.8) is 0 Å². The van der Waals surface area contributed by atoms with Gasteiger partial charge in [-0.05, 0) is 30.2 Å². The Labute approximate surface area is 136 Å². The summed E-state index contributed by atoms with van der Waals surface area (Å²) >= 11 is 0. The summed E-state index contributed by atoms with van der Waals surface area (Å²) in [4.78, 5) is 11.5. The van der Waals surface area contributed by atoms with Crippen LogP contribution in [-0.4, -0.2) is 5.91 Å². The lowest BCUT2D eigenvalue weighted by atomic mass is 9.89. The lowest BCUT2D eigenvalue weighted by Gasteiger charge is -2.19. The summed E-state index contributed by atoms with van der Waals surface area (Å²) in [7, 11) is 0. The molecule has 0 radical (unpaired) electrons. The minimum Gasteiger partial charge on any atom is -0.369 e. The number of unbranched alkanes of at least 4 members (excludes halogenated alkanes) is 3. The van der Waals surface area contributed by atoms with Crippen molar-refractivity contribution in [2.75, 3.05) is 0 Å². The Morgan fingerprint density at radius 3 is 1.83 bits per heavy atom. The highest BCUT2D eigenvalue weighted by Crippen LogP contribution is 2.38.